The van der Waals surface area contributed by atoms with Crippen LogP contribution >= 0.6 is 0 Å². The molecule has 1 N–H and O–H groups in total. The van der Waals surface area contributed by atoms with Crippen LogP contribution in [0, 0.1) is 0 Å². The molecule has 0 saturated heterocycles. The summed E-state index contributed by atoms with van der Waals surface area (Å²) in [5, 5.41) is 9.85. The molecule has 0 aliphatic carbocycles. The predicted molar refractivity (Wildman–Crippen MR) is 82.7 cm³/mol. The first-order chi connectivity index (χ1) is 10.6. The Balaban J connectivity index is 2.25. The van der Waals surface area contributed by atoms with Gasteiger partial charge in [0, 0.05) is 17.7 Å². The predicted octanol–water partition coefficient (Wildman–Crippen LogP) is 3.18. The van der Waals surface area contributed by atoms with E-state index >= 15 is 0 Å². The number of rotatable bonds is 3. The van der Waals surface area contributed by atoms with E-state index in [0.29, 0.717) is 33.6 Å². The summed E-state index contributed by atoms with van der Waals surface area (Å²) in [7, 11) is 3.09. The number of phenolic OH excluding ortho intramolecular Hbond substituents is 1. The molecule has 5 nitrogen and oxygen atoms in total. The Bertz CT molecular complexity index is 895. The molecule has 5 heteroatoms. The molecule has 2 aromatic carbocycles. The third kappa shape index (κ3) is 2.26. The summed E-state index contributed by atoms with van der Waals surface area (Å²) in [4.78, 5) is 12.6. The van der Waals surface area contributed by atoms with E-state index in [1.54, 1.807) is 25.3 Å². The lowest BCUT2D eigenvalue weighted by molar-refractivity contribution is 0.395. The van der Waals surface area contributed by atoms with Gasteiger partial charge in [0.25, 0.3) is 0 Å². The summed E-state index contributed by atoms with van der Waals surface area (Å²) in [6.07, 6.45) is 1.37. The normalized spacial score (nSPS) is 10.6. The van der Waals surface area contributed by atoms with Gasteiger partial charge in [-0.2, -0.15) is 0 Å². The Kier molecular flexibility index (Phi) is 3.47. The fourth-order valence-corrected chi connectivity index (χ4v) is 2.32. The number of ether oxygens (including phenoxy) is 2. The summed E-state index contributed by atoms with van der Waals surface area (Å²) in [5.41, 5.74) is 1.15. The molecule has 0 bridgehead atoms. The SMILES string of the molecule is COc1ccc(-c2coc3cc(O)ccc3c2=O)c(OC)c1. The molecule has 0 saturated carbocycles. The van der Waals surface area contributed by atoms with Crippen molar-refractivity contribution in [3.63, 3.8) is 0 Å². The monoisotopic (exact) mass is 298 g/mol. The van der Waals surface area contributed by atoms with E-state index in [2.05, 4.69) is 0 Å². The van der Waals surface area contributed by atoms with Gasteiger partial charge in [-0.1, -0.05) is 0 Å². The van der Waals surface area contributed by atoms with Crippen LogP contribution in [0.25, 0.3) is 22.1 Å². The maximum atomic E-state index is 12.6. The number of methoxy groups -OCH3 is 2. The minimum Gasteiger partial charge on any atom is -0.508 e. The van der Waals surface area contributed by atoms with Crippen LogP contribution in [0.5, 0.6) is 17.2 Å². The highest BCUT2D eigenvalue weighted by molar-refractivity contribution is 5.84. The maximum absolute atomic E-state index is 12.6. The average Bonchev–Trinajstić information content (AvgIpc) is 2.54. The van der Waals surface area contributed by atoms with E-state index in [1.165, 1.54) is 31.6 Å². The molecule has 0 aliphatic heterocycles. The Morgan fingerprint density at radius 1 is 1.00 bits per heavy atom. The summed E-state index contributed by atoms with van der Waals surface area (Å²) in [6.45, 7) is 0. The number of benzene rings is 2. The molecule has 0 amide bonds. The quantitative estimate of drug-likeness (QED) is 0.804. The van der Waals surface area contributed by atoms with E-state index in [9.17, 15) is 9.90 Å². The van der Waals surface area contributed by atoms with Crippen LogP contribution in [0.3, 0.4) is 0 Å². The first-order valence-electron chi connectivity index (χ1n) is 6.61. The summed E-state index contributed by atoms with van der Waals surface area (Å²) >= 11 is 0. The van der Waals surface area contributed by atoms with Crippen LogP contribution in [0.1, 0.15) is 0 Å². The van der Waals surface area contributed by atoms with E-state index in [1.807, 2.05) is 0 Å². The topological polar surface area (TPSA) is 68.9 Å². The maximum Gasteiger partial charge on any atom is 0.200 e. The molecule has 0 spiro atoms. The van der Waals surface area contributed by atoms with Crippen LogP contribution in [0.4, 0.5) is 0 Å². The highest BCUT2D eigenvalue weighted by Crippen LogP contribution is 2.32. The summed E-state index contributed by atoms with van der Waals surface area (Å²) in [6, 6.07) is 9.60. The molecule has 1 aromatic heterocycles. The molecule has 1 heterocycles. The highest BCUT2D eigenvalue weighted by Gasteiger charge is 2.14. The Labute approximate surface area is 126 Å². The Morgan fingerprint density at radius 2 is 1.82 bits per heavy atom. The number of hydrogen-bond acceptors (Lipinski definition) is 5. The van der Waals surface area contributed by atoms with Gasteiger partial charge in [0.1, 0.15) is 29.1 Å². The van der Waals surface area contributed by atoms with Crippen molar-refractivity contribution in [3.05, 3.63) is 52.9 Å². The number of hydrogen-bond donors (Lipinski definition) is 1. The standard InChI is InChI=1S/C17H14O5/c1-20-11-4-6-12(15(8-11)21-2)14-9-22-16-7-10(18)3-5-13(16)17(14)19/h3-9,18H,1-2H3. The lowest BCUT2D eigenvalue weighted by atomic mass is 10.0. The first kappa shape index (κ1) is 14.0. The van der Waals surface area contributed by atoms with Gasteiger partial charge >= 0.3 is 0 Å². The zero-order chi connectivity index (χ0) is 15.7. The molecular formula is C17H14O5. The van der Waals surface area contributed by atoms with Crippen molar-refractivity contribution < 1.29 is 19.0 Å². The average molecular weight is 298 g/mol. The van der Waals surface area contributed by atoms with Crippen molar-refractivity contribution in [2.75, 3.05) is 14.2 Å². The van der Waals surface area contributed by atoms with Gasteiger partial charge in [-0.15, -0.1) is 0 Å². The summed E-state index contributed by atoms with van der Waals surface area (Å²) in [5.74, 6) is 1.20. The fraction of sp³-hybridized carbons (Fsp3) is 0.118. The first-order valence-corrected chi connectivity index (χ1v) is 6.61. The molecule has 0 fully saturated rings. The van der Waals surface area contributed by atoms with Gasteiger partial charge < -0.3 is 19.0 Å². The Hall–Kier alpha value is -2.95. The molecule has 112 valence electrons. The van der Waals surface area contributed by atoms with Gasteiger partial charge in [-0.05, 0) is 24.3 Å². The van der Waals surface area contributed by atoms with Crippen molar-refractivity contribution in [1.29, 1.82) is 0 Å². The molecule has 3 rings (SSSR count). The van der Waals surface area contributed by atoms with Crippen molar-refractivity contribution in [2.45, 2.75) is 0 Å². The molecule has 3 aromatic rings. The molecule has 0 aliphatic rings. The van der Waals surface area contributed by atoms with E-state index in [0.717, 1.165) is 0 Å². The van der Waals surface area contributed by atoms with Crippen molar-refractivity contribution in [2.24, 2.45) is 0 Å². The third-order valence-corrected chi connectivity index (χ3v) is 3.46. The summed E-state index contributed by atoms with van der Waals surface area (Å²) < 4.78 is 15.9. The van der Waals surface area contributed by atoms with Gasteiger partial charge in [-0.25, -0.2) is 0 Å². The molecule has 22 heavy (non-hydrogen) atoms. The number of aromatic hydroxyl groups is 1. The molecular weight excluding hydrogens is 284 g/mol. The minimum absolute atomic E-state index is 0.0467. The smallest absolute Gasteiger partial charge is 0.200 e. The molecule has 0 radical (unpaired) electrons. The second kappa shape index (κ2) is 5.44. The lowest BCUT2D eigenvalue weighted by Crippen LogP contribution is -2.05. The number of phenols is 1. The van der Waals surface area contributed by atoms with Crippen LogP contribution in [-0.4, -0.2) is 19.3 Å². The van der Waals surface area contributed by atoms with Gasteiger partial charge in [0.05, 0.1) is 25.2 Å². The molecule has 0 unspecified atom stereocenters. The third-order valence-electron chi connectivity index (χ3n) is 3.46. The Morgan fingerprint density at radius 3 is 2.55 bits per heavy atom. The van der Waals surface area contributed by atoms with Crippen LogP contribution < -0.4 is 14.9 Å². The lowest BCUT2D eigenvalue weighted by Gasteiger charge is -2.10. The number of fused-ring (bicyclic) bond motifs is 1. The van der Waals surface area contributed by atoms with Crippen LogP contribution in [-0.2, 0) is 0 Å². The van der Waals surface area contributed by atoms with Gasteiger partial charge in [0.2, 0.25) is 5.43 Å². The van der Waals surface area contributed by atoms with Gasteiger partial charge in [0.15, 0.2) is 0 Å². The largest absolute Gasteiger partial charge is 0.508 e. The van der Waals surface area contributed by atoms with Crippen molar-refractivity contribution in [1.82, 2.24) is 0 Å². The highest BCUT2D eigenvalue weighted by atomic mass is 16.5. The molecule has 0 atom stereocenters. The van der Waals surface area contributed by atoms with Crippen LogP contribution in [0.15, 0.2) is 51.9 Å². The van der Waals surface area contributed by atoms with Crippen LogP contribution in [0.2, 0.25) is 0 Å². The zero-order valence-electron chi connectivity index (χ0n) is 12.1. The van der Waals surface area contributed by atoms with E-state index in [-0.39, 0.29) is 11.2 Å². The second-order valence-electron chi connectivity index (χ2n) is 4.73. The van der Waals surface area contributed by atoms with Gasteiger partial charge in [-0.3, -0.25) is 4.79 Å². The van der Waals surface area contributed by atoms with Crippen molar-refractivity contribution in [3.8, 4) is 28.4 Å². The van der Waals surface area contributed by atoms with Crippen molar-refractivity contribution >= 4 is 11.0 Å². The van der Waals surface area contributed by atoms with E-state index < -0.39 is 0 Å². The minimum atomic E-state index is -0.190. The van der Waals surface area contributed by atoms with E-state index in [4.69, 9.17) is 13.9 Å². The second-order valence-corrected chi connectivity index (χ2v) is 4.73. The zero-order valence-corrected chi connectivity index (χ0v) is 12.1. The fourth-order valence-electron chi connectivity index (χ4n) is 2.32.